The Labute approximate surface area is 147 Å². The van der Waals surface area contributed by atoms with Crippen LogP contribution in [0.3, 0.4) is 0 Å². The fraction of sp³-hybridized carbons (Fsp3) is 0.211. The van der Waals surface area contributed by atoms with Crippen molar-refractivity contribution in [2.75, 3.05) is 5.75 Å². The molecule has 0 saturated heterocycles. The Hall–Kier alpha value is -2.60. The van der Waals surface area contributed by atoms with Crippen molar-refractivity contribution >= 4 is 10.1 Å². The van der Waals surface area contributed by atoms with Crippen LogP contribution in [0, 0.1) is 13.8 Å². The number of rotatable bonds is 2. The molecule has 2 heterocycles. The lowest BCUT2D eigenvalue weighted by molar-refractivity contribution is 0.446. The molecule has 1 aliphatic rings. The van der Waals surface area contributed by atoms with E-state index in [0.717, 1.165) is 28.1 Å². The van der Waals surface area contributed by atoms with Gasteiger partial charge in [-0.25, -0.2) is 0 Å². The molecule has 0 radical (unpaired) electrons. The van der Waals surface area contributed by atoms with E-state index in [1.807, 2.05) is 68.4 Å². The summed E-state index contributed by atoms with van der Waals surface area (Å²) >= 11 is 0. The van der Waals surface area contributed by atoms with E-state index >= 15 is 0 Å². The number of fused-ring (bicyclic) bond motifs is 1. The lowest BCUT2D eigenvalue weighted by Crippen LogP contribution is -2.27. The molecule has 6 heteroatoms. The van der Waals surface area contributed by atoms with Gasteiger partial charge in [0.1, 0.15) is 0 Å². The highest BCUT2D eigenvalue weighted by Gasteiger charge is 2.37. The minimum Gasteiger partial charge on any atom is -0.361 e. The van der Waals surface area contributed by atoms with E-state index in [1.165, 1.54) is 0 Å². The van der Waals surface area contributed by atoms with Crippen molar-refractivity contribution in [3.63, 3.8) is 0 Å². The fourth-order valence-corrected chi connectivity index (χ4v) is 4.48. The van der Waals surface area contributed by atoms with Gasteiger partial charge >= 0.3 is 10.1 Å². The fourth-order valence-electron chi connectivity index (χ4n) is 3.25. The molecule has 0 fully saturated rings. The maximum atomic E-state index is 12.4. The summed E-state index contributed by atoms with van der Waals surface area (Å²) in [5, 5.41) is 4.55. The largest absolute Gasteiger partial charge is 0.361 e. The van der Waals surface area contributed by atoms with Crippen LogP contribution in [0.15, 0.2) is 54.6 Å². The average molecular weight is 354 g/mol. The smallest absolute Gasteiger partial charge is 0.311 e. The zero-order chi connectivity index (χ0) is 17.6. The zero-order valence-electron chi connectivity index (χ0n) is 14.0. The molecule has 0 amide bonds. The number of hydrogen-bond donors (Lipinski definition) is 0. The van der Waals surface area contributed by atoms with E-state index in [2.05, 4.69) is 5.10 Å². The Bertz CT molecular complexity index is 1020. The van der Waals surface area contributed by atoms with Gasteiger partial charge in [-0.15, -0.1) is 0 Å². The maximum Gasteiger partial charge on any atom is 0.311 e. The van der Waals surface area contributed by atoms with Crippen molar-refractivity contribution in [3.8, 4) is 11.6 Å². The van der Waals surface area contributed by atoms with E-state index < -0.39 is 10.1 Å². The van der Waals surface area contributed by atoms with Gasteiger partial charge < -0.3 is 4.18 Å². The summed E-state index contributed by atoms with van der Waals surface area (Å²) in [6.45, 7) is 3.90. The van der Waals surface area contributed by atoms with Crippen molar-refractivity contribution < 1.29 is 12.6 Å². The molecule has 1 aliphatic heterocycles. The summed E-state index contributed by atoms with van der Waals surface area (Å²) in [5.74, 6) is -0.0722. The summed E-state index contributed by atoms with van der Waals surface area (Å²) in [6.07, 6.45) is 0. The van der Waals surface area contributed by atoms with E-state index in [0.29, 0.717) is 5.88 Å². The Balaban J connectivity index is 1.92. The molecule has 5 nitrogen and oxygen atoms in total. The van der Waals surface area contributed by atoms with Crippen molar-refractivity contribution in [3.05, 3.63) is 77.0 Å². The molecule has 3 aromatic rings. The first-order valence-corrected chi connectivity index (χ1v) is 9.66. The Kier molecular flexibility index (Phi) is 3.65. The van der Waals surface area contributed by atoms with Crippen molar-refractivity contribution in [2.45, 2.75) is 19.8 Å². The van der Waals surface area contributed by atoms with Crippen molar-refractivity contribution in [1.82, 2.24) is 9.78 Å². The Morgan fingerprint density at radius 1 is 1.04 bits per heavy atom. The minimum atomic E-state index is -3.68. The van der Waals surface area contributed by atoms with Crippen LogP contribution >= 0.6 is 0 Å². The van der Waals surface area contributed by atoms with E-state index in [1.54, 1.807) is 4.68 Å². The number of nitrogens with zero attached hydrogens (tertiary/aromatic N) is 2. The van der Waals surface area contributed by atoms with Gasteiger partial charge in [-0.05, 0) is 31.5 Å². The minimum absolute atomic E-state index is 0.0790. The summed E-state index contributed by atoms with van der Waals surface area (Å²) in [7, 11) is -3.68. The van der Waals surface area contributed by atoms with Crippen molar-refractivity contribution in [1.29, 1.82) is 0 Å². The second-order valence-electron chi connectivity index (χ2n) is 6.32. The van der Waals surface area contributed by atoms with Gasteiger partial charge in [0.2, 0.25) is 5.88 Å². The predicted molar refractivity (Wildman–Crippen MR) is 95.7 cm³/mol. The molecule has 0 bridgehead atoms. The number of hydrogen-bond acceptors (Lipinski definition) is 4. The maximum absolute atomic E-state index is 12.4. The van der Waals surface area contributed by atoms with Gasteiger partial charge in [0.25, 0.3) is 0 Å². The molecule has 1 unspecified atom stereocenters. The lowest BCUT2D eigenvalue weighted by atomic mass is 9.92. The van der Waals surface area contributed by atoms with Gasteiger partial charge in [0, 0.05) is 11.5 Å². The first-order valence-electron chi connectivity index (χ1n) is 8.08. The topological polar surface area (TPSA) is 61.2 Å². The van der Waals surface area contributed by atoms with Gasteiger partial charge in [-0.2, -0.15) is 18.2 Å². The van der Waals surface area contributed by atoms with Crippen LogP contribution in [0.5, 0.6) is 5.88 Å². The van der Waals surface area contributed by atoms with Crippen LogP contribution < -0.4 is 4.18 Å². The normalized spacial score (nSPS) is 18.4. The zero-order valence-corrected chi connectivity index (χ0v) is 14.8. The number of para-hydroxylation sites is 1. The Morgan fingerprint density at radius 2 is 1.72 bits per heavy atom. The van der Waals surface area contributed by atoms with Crippen LogP contribution in [-0.4, -0.2) is 24.0 Å². The van der Waals surface area contributed by atoms with Gasteiger partial charge in [-0.1, -0.05) is 48.0 Å². The number of benzene rings is 2. The second-order valence-corrected chi connectivity index (χ2v) is 7.94. The number of aryl methyl sites for hydroxylation is 2. The summed E-state index contributed by atoms with van der Waals surface area (Å²) in [4.78, 5) is 0. The summed E-state index contributed by atoms with van der Waals surface area (Å²) in [5.41, 5.74) is 4.47. The molecule has 0 saturated carbocycles. The highest BCUT2D eigenvalue weighted by atomic mass is 32.2. The lowest BCUT2D eigenvalue weighted by Gasteiger charge is -2.24. The van der Waals surface area contributed by atoms with E-state index in [9.17, 15) is 8.42 Å². The molecule has 1 aromatic heterocycles. The van der Waals surface area contributed by atoms with Crippen LogP contribution in [-0.2, 0) is 10.1 Å². The third-order valence-corrected chi connectivity index (χ3v) is 5.62. The van der Waals surface area contributed by atoms with Crippen LogP contribution in [0.4, 0.5) is 0 Å². The van der Waals surface area contributed by atoms with Gasteiger partial charge in [0.15, 0.2) is 0 Å². The first kappa shape index (κ1) is 15.9. The average Bonchev–Trinajstić information content (AvgIpc) is 2.91. The molecule has 4 rings (SSSR count). The quantitative estimate of drug-likeness (QED) is 0.662. The van der Waals surface area contributed by atoms with Gasteiger partial charge in [0.05, 0.1) is 17.1 Å². The van der Waals surface area contributed by atoms with Crippen LogP contribution in [0.1, 0.15) is 28.3 Å². The molecule has 25 heavy (non-hydrogen) atoms. The van der Waals surface area contributed by atoms with Crippen LogP contribution in [0.2, 0.25) is 0 Å². The monoisotopic (exact) mass is 354 g/mol. The molecule has 128 valence electrons. The van der Waals surface area contributed by atoms with E-state index in [4.69, 9.17) is 4.18 Å². The van der Waals surface area contributed by atoms with Crippen molar-refractivity contribution in [2.24, 2.45) is 0 Å². The first-order chi connectivity index (χ1) is 11.9. The van der Waals surface area contributed by atoms with Gasteiger partial charge in [-0.3, -0.25) is 0 Å². The Morgan fingerprint density at radius 3 is 2.40 bits per heavy atom. The molecular formula is C19H18N2O3S. The SMILES string of the molecule is Cc1ccc(C2CS(=O)(=O)Oc3c2c(C)nn3-c2ccccc2)cc1. The number of aromatic nitrogens is 2. The highest BCUT2D eigenvalue weighted by Crippen LogP contribution is 2.41. The summed E-state index contributed by atoms with van der Waals surface area (Å²) in [6, 6.07) is 17.4. The molecule has 1 atom stereocenters. The molecule has 2 aromatic carbocycles. The molecule has 0 spiro atoms. The molecular weight excluding hydrogens is 336 g/mol. The van der Waals surface area contributed by atoms with Crippen LogP contribution in [0.25, 0.3) is 5.69 Å². The third-order valence-electron chi connectivity index (χ3n) is 4.47. The highest BCUT2D eigenvalue weighted by molar-refractivity contribution is 7.87. The van der Waals surface area contributed by atoms with E-state index in [-0.39, 0.29) is 11.7 Å². The molecule has 0 aliphatic carbocycles. The predicted octanol–water partition coefficient (Wildman–Crippen LogP) is 3.34. The second kappa shape index (κ2) is 5.74. The third kappa shape index (κ3) is 2.82. The summed E-state index contributed by atoms with van der Waals surface area (Å²) < 4.78 is 31.7. The standard InChI is InChI=1S/C19H18N2O3S/c1-13-8-10-15(11-9-13)17-12-25(22,23)24-19-18(17)14(2)20-21(19)16-6-4-3-5-7-16/h3-11,17H,12H2,1-2H3. The molecule has 0 N–H and O–H groups in total.